The van der Waals surface area contributed by atoms with E-state index in [1.165, 1.54) is 5.56 Å². The molecule has 1 saturated carbocycles. The van der Waals surface area contributed by atoms with Gasteiger partial charge in [0.25, 0.3) is 5.91 Å². The Morgan fingerprint density at radius 2 is 2.00 bits per heavy atom. The number of hydrogen-bond acceptors (Lipinski definition) is 3. The van der Waals surface area contributed by atoms with Gasteiger partial charge in [-0.2, -0.15) is 0 Å². The molecule has 0 radical (unpaired) electrons. The van der Waals surface area contributed by atoms with E-state index in [2.05, 4.69) is 46.4 Å². The average molecular weight is 284 g/mol. The lowest BCUT2D eigenvalue weighted by Gasteiger charge is -2.24. The van der Waals surface area contributed by atoms with Crippen LogP contribution in [0.5, 0.6) is 0 Å². The van der Waals surface area contributed by atoms with Crippen molar-refractivity contribution in [1.29, 1.82) is 0 Å². The van der Waals surface area contributed by atoms with Gasteiger partial charge < -0.3 is 4.90 Å². The van der Waals surface area contributed by atoms with Crippen molar-refractivity contribution in [2.75, 3.05) is 7.05 Å². The molecule has 2 aromatic rings. The topological polar surface area (TPSA) is 61.9 Å². The third-order valence-electron chi connectivity index (χ3n) is 4.12. The number of aryl methyl sites for hydroxylation is 1. The Morgan fingerprint density at radius 3 is 2.62 bits per heavy atom. The van der Waals surface area contributed by atoms with E-state index in [9.17, 15) is 4.79 Å². The summed E-state index contributed by atoms with van der Waals surface area (Å²) in [4.78, 5) is 18.5. The van der Waals surface area contributed by atoms with Gasteiger partial charge in [-0.05, 0) is 32.3 Å². The first-order chi connectivity index (χ1) is 10.1. The molecule has 0 spiro atoms. The smallest absolute Gasteiger partial charge is 0.293 e. The lowest BCUT2D eigenvalue weighted by atomic mass is 10.1. The van der Waals surface area contributed by atoms with Crippen molar-refractivity contribution in [2.45, 2.75) is 38.6 Å². The molecule has 0 aliphatic heterocycles. The monoisotopic (exact) mass is 284 g/mol. The van der Waals surface area contributed by atoms with Crippen LogP contribution in [0.2, 0.25) is 0 Å². The molecule has 5 nitrogen and oxygen atoms in total. The van der Waals surface area contributed by atoms with Crippen LogP contribution in [-0.2, 0) is 0 Å². The summed E-state index contributed by atoms with van der Waals surface area (Å²) < 4.78 is 0. The Morgan fingerprint density at radius 1 is 1.33 bits per heavy atom. The maximum absolute atomic E-state index is 12.5. The van der Waals surface area contributed by atoms with Crippen LogP contribution in [0.1, 0.15) is 59.3 Å². The van der Waals surface area contributed by atoms with Gasteiger partial charge in [0, 0.05) is 13.0 Å². The van der Waals surface area contributed by atoms with Crippen LogP contribution in [0.25, 0.3) is 0 Å². The van der Waals surface area contributed by atoms with E-state index in [4.69, 9.17) is 0 Å². The molecular weight excluding hydrogens is 264 g/mol. The minimum Gasteiger partial charge on any atom is -0.332 e. The summed E-state index contributed by atoms with van der Waals surface area (Å²) in [5.41, 5.74) is 2.32. The summed E-state index contributed by atoms with van der Waals surface area (Å²) in [6.45, 7) is 4.06. The van der Waals surface area contributed by atoms with E-state index in [1.54, 1.807) is 11.9 Å². The second-order valence-corrected chi connectivity index (χ2v) is 5.82. The second kappa shape index (κ2) is 5.31. The molecule has 1 aliphatic carbocycles. The van der Waals surface area contributed by atoms with Crippen LogP contribution in [0, 0.1) is 6.92 Å². The quantitative estimate of drug-likeness (QED) is 0.939. The first-order valence-electron chi connectivity index (χ1n) is 7.32. The number of carbonyl (C=O) groups excluding carboxylic acids is 1. The fourth-order valence-corrected chi connectivity index (χ4v) is 2.31. The molecule has 0 bridgehead atoms. The average Bonchev–Trinajstić information content (AvgIpc) is 3.23. The minimum atomic E-state index is -0.147. The van der Waals surface area contributed by atoms with Gasteiger partial charge in [-0.25, -0.2) is 4.98 Å². The van der Waals surface area contributed by atoms with Gasteiger partial charge in [0.2, 0.25) is 5.82 Å². The van der Waals surface area contributed by atoms with Crippen molar-refractivity contribution in [3.8, 4) is 0 Å². The van der Waals surface area contributed by atoms with Gasteiger partial charge in [-0.1, -0.05) is 29.8 Å². The van der Waals surface area contributed by atoms with E-state index in [-0.39, 0.29) is 17.8 Å². The lowest BCUT2D eigenvalue weighted by molar-refractivity contribution is 0.0730. The molecule has 1 atom stereocenters. The summed E-state index contributed by atoms with van der Waals surface area (Å²) in [5, 5.41) is 6.94. The number of H-pyrrole nitrogens is 1. The zero-order chi connectivity index (χ0) is 15.0. The summed E-state index contributed by atoms with van der Waals surface area (Å²) >= 11 is 0. The zero-order valence-corrected chi connectivity index (χ0v) is 12.6. The SMILES string of the molecule is Cc1ccc(C(C)N(C)C(=O)c2n[nH]c(C3CC3)n2)cc1. The normalized spacial score (nSPS) is 15.8. The van der Waals surface area contributed by atoms with Crippen LogP contribution in [0.4, 0.5) is 0 Å². The van der Waals surface area contributed by atoms with Crippen LogP contribution < -0.4 is 0 Å². The Labute approximate surface area is 124 Å². The van der Waals surface area contributed by atoms with Crippen molar-refractivity contribution >= 4 is 5.91 Å². The van der Waals surface area contributed by atoms with Crippen LogP contribution in [0.3, 0.4) is 0 Å². The second-order valence-electron chi connectivity index (χ2n) is 5.82. The highest BCUT2D eigenvalue weighted by Gasteiger charge is 2.29. The highest BCUT2D eigenvalue weighted by molar-refractivity contribution is 5.90. The van der Waals surface area contributed by atoms with Crippen LogP contribution in [-0.4, -0.2) is 33.0 Å². The van der Waals surface area contributed by atoms with Gasteiger partial charge in [-0.3, -0.25) is 9.89 Å². The number of nitrogens with zero attached hydrogens (tertiary/aromatic N) is 3. The number of hydrogen-bond donors (Lipinski definition) is 1. The Bertz CT molecular complexity index is 643. The Balaban J connectivity index is 1.74. The first kappa shape index (κ1) is 13.8. The first-order valence-corrected chi connectivity index (χ1v) is 7.32. The van der Waals surface area contributed by atoms with Crippen molar-refractivity contribution < 1.29 is 4.79 Å². The van der Waals surface area contributed by atoms with Crippen molar-refractivity contribution in [2.24, 2.45) is 0 Å². The maximum Gasteiger partial charge on any atom is 0.293 e. The summed E-state index contributed by atoms with van der Waals surface area (Å²) in [6, 6.07) is 8.21. The van der Waals surface area contributed by atoms with Crippen LogP contribution >= 0.6 is 0 Å². The number of aromatic amines is 1. The van der Waals surface area contributed by atoms with Gasteiger partial charge >= 0.3 is 0 Å². The highest BCUT2D eigenvalue weighted by atomic mass is 16.2. The maximum atomic E-state index is 12.5. The van der Waals surface area contributed by atoms with Crippen molar-refractivity contribution in [1.82, 2.24) is 20.1 Å². The molecule has 1 aromatic heterocycles. The fourth-order valence-electron chi connectivity index (χ4n) is 2.31. The van der Waals surface area contributed by atoms with Crippen molar-refractivity contribution in [3.05, 3.63) is 47.0 Å². The van der Waals surface area contributed by atoms with Gasteiger partial charge in [0.05, 0.1) is 6.04 Å². The number of amides is 1. The Hall–Kier alpha value is -2.17. The zero-order valence-electron chi connectivity index (χ0n) is 12.6. The Kier molecular flexibility index (Phi) is 3.49. The molecular formula is C16H20N4O. The lowest BCUT2D eigenvalue weighted by Crippen LogP contribution is -2.30. The third-order valence-corrected chi connectivity index (χ3v) is 4.12. The molecule has 21 heavy (non-hydrogen) atoms. The molecule has 1 aliphatic rings. The fraction of sp³-hybridized carbons (Fsp3) is 0.438. The van der Waals surface area contributed by atoms with Crippen molar-refractivity contribution in [3.63, 3.8) is 0 Å². The molecule has 3 rings (SSSR count). The molecule has 1 aromatic carbocycles. The molecule has 1 unspecified atom stereocenters. The molecule has 1 amide bonds. The standard InChI is InChI=1S/C16H20N4O/c1-10-4-6-12(7-5-10)11(2)20(3)16(21)15-17-14(18-19-15)13-8-9-13/h4-7,11,13H,8-9H2,1-3H3,(H,17,18,19). The number of nitrogens with one attached hydrogen (secondary N) is 1. The molecule has 1 N–H and O–H groups in total. The van der Waals surface area contributed by atoms with Gasteiger partial charge in [0.15, 0.2) is 0 Å². The third kappa shape index (κ3) is 2.82. The summed E-state index contributed by atoms with van der Waals surface area (Å²) in [7, 11) is 1.79. The van der Waals surface area contributed by atoms with Crippen LogP contribution in [0.15, 0.2) is 24.3 Å². The molecule has 5 heteroatoms. The number of carbonyl (C=O) groups is 1. The van der Waals surface area contributed by atoms with E-state index >= 15 is 0 Å². The molecule has 0 saturated heterocycles. The molecule has 1 fully saturated rings. The van der Waals surface area contributed by atoms with E-state index in [0.717, 1.165) is 24.2 Å². The largest absolute Gasteiger partial charge is 0.332 e. The number of benzene rings is 1. The predicted molar refractivity (Wildman–Crippen MR) is 80.0 cm³/mol. The molecule has 110 valence electrons. The minimum absolute atomic E-state index is 0.0130. The molecule has 1 heterocycles. The summed E-state index contributed by atoms with van der Waals surface area (Å²) in [5.74, 6) is 1.43. The van der Waals surface area contributed by atoms with E-state index in [1.807, 2.05) is 6.92 Å². The van der Waals surface area contributed by atoms with E-state index in [0.29, 0.717) is 5.92 Å². The van der Waals surface area contributed by atoms with Gasteiger partial charge in [-0.15, -0.1) is 5.10 Å². The number of rotatable bonds is 4. The highest BCUT2D eigenvalue weighted by Crippen LogP contribution is 2.37. The number of aromatic nitrogens is 3. The predicted octanol–water partition coefficient (Wildman–Crippen LogP) is 2.82. The van der Waals surface area contributed by atoms with Gasteiger partial charge in [0.1, 0.15) is 5.82 Å². The summed E-state index contributed by atoms with van der Waals surface area (Å²) in [6.07, 6.45) is 2.27. The van der Waals surface area contributed by atoms with E-state index < -0.39 is 0 Å².